The van der Waals surface area contributed by atoms with Crippen LogP contribution in [0, 0.1) is 11.8 Å². The van der Waals surface area contributed by atoms with Gasteiger partial charge in [-0.05, 0) is 36.1 Å². The van der Waals surface area contributed by atoms with Crippen molar-refractivity contribution in [3.8, 4) is 0 Å². The maximum Gasteiger partial charge on any atom is 0.336 e. The fourth-order valence-electron chi connectivity index (χ4n) is 2.65. The monoisotopic (exact) mass is 368 g/mol. The molecule has 0 amide bonds. The number of hydrogen-bond donors (Lipinski definition) is 2. The standard InChI is InChI=1S/C22H28N2O3/c1-15(2)19(23-17-11-7-5-8-12-17)21(25)27-22(26)20(16(3)4)24-18-13-9-6-10-14-18/h5-16,19-20,23-24H,1-4H3. The summed E-state index contributed by atoms with van der Waals surface area (Å²) in [5, 5.41) is 6.31. The molecule has 0 saturated carbocycles. The first kappa shape index (κ1) is 20.5. The highest BCUT2D eigenvalue weighted by atomic mass is 16.6. The van der Waals surface area contributed by atoms with Crippen molar-refractivity contribution in [1.29, 1.82) is 0 Å². The van der Waals surface area contributed by atoms with Crippen molar-refractivity contribution in [1.82, 2.24) is 0 Å². The number of para-hydroxylation sites is 2. The molecule has 0 aliphatic rings. The van der Waals surface area contributed by atoms with Crippen molar-refractivity contribution in [3.63, 3.8) is 0 Å². The van der Waals surface area contributed by atoms with Gasteiger partial charge in [0.2, 0.25) is 0 Å². The van der Waals surface area contributed by atoms with Gasteiger partial charge in [0.05, 0.1) is 0 Å². The fourth-order valence-corrected chi connectivity index (χ4v) is 2.65. The van der Waals surface area contributed by atoms with E-state index in [1.807, 2.05) is 88.4 Å². The van der Waals surface area contributed by atoms with Gasteiger partial charge in [-0.25, -0.2) is 9.59 Å². The molecule has 2 aromatic rings. The van der Waals surface area contributed by atoms with E-state index in [0.29, 0.717) is 0 Å². The molecule has 0 fully saturated rings. The van der Waals surface area contributed by atoms with Crippen LogP contribution in [0.2, 0.25) is 0 Å². The second-order valence-corrected chi connectivity index (χ2v) is 7.20. The summed E-state index contributed by atoms with van der Waals surface area (Å²) >= 11 is 0. The van der Waals surface area contributed by atoms with E-state index in [9.17, 15) is 9.59 Å². The van der Waals surface area contributed by atoms with E-state index in [1.165, 1.54) is 0 Å². The molecule has 2 aromatic carbocycles. The summed E-state index contributed by atoms with van der Waals surface area (Å²) < 4.78 is 5.24. The van der Waals surface area contributed by atoms with Crippen LogP contribution in [0.15, 0.2) is 60.7 Å². The Hall–Kier alpha value is -2.82. The Bertz CT molecular complexity index is 666. The van der Waals surface area contributed by atoms with Crippen molar-refractivity contribution in [2.75, 3.05) is 10.6 Å². The number of nitrogens with one attached hydrogen (secondary N) is 2. The van der Waals surface area contributed by atoms with Crippen LogP contribution < -0.4 is 10.6 Å². The van der Waals surface area contributed by atoms with E-state index >= 15 is 0 Å². The molecule has 5 nitrogen and oxygen atoms in total. The molecule has 144 valence electrons. The molecule has 0 saturated heterocycles. The third-order valence-electron chi connectivity index (χ3n) is 4.23. The number of benzene rings is 2. The van der Waals surface area contributed by atoms with E-state index < -0.39 is 24.0 Å². The Morgan fingerprint density at radius 1 is 0.667 bits per heavy atom. The van der Waals surface area contributed by atoms with Gasteiger partial charge in [-0.2, -0.15) is 0 Å². The van der Waals surface area contributed by atoms with Crippen LogP contribution in [0.5, 0.6) is 0 Å². The van der Waals surface area contributed by atoms with Crippen LogP contribution in [0.4, 0.5) is 11.4 Å². The molecule has 5 heteroatoms. The third-order valence-corrected chi connectivity index (χ3v) is 4.23. The summed E-state index contributed by atoms with van der Waals surface area (Å²) in [5.41, 5.74) is 1.62. The predicted molar refractivity (Wildman–Crippen MR) is 108 cm³/mol. The lowest BCUT2D eigenvalue weighted by molar-refractivity contribution is -0.161. The largest absolute Gasteiger partial charge is 0.390 e. The Morgan fingerprint density at radius 2 is 1.00 bits per heavy atom. The first-order chi connectivity index (χ1) is 12.9. The summed E-state index contributed by atoms with van der Waals surface area (Å²) in [4.78, 5) is 25.3. The Morgan fingerprint density at radius 3 is 1.30 bits per heavy atom. The predicted octanol–water partition coefficient (Wildman–Crippen LogP) is 4.33. The van der Waals surface area contributed by atoms with Gasteiger partial charge in [0, 0.05) is 11.4 Å². The summed E-state index contributed by atoms with van der Waals surface area (Å²) in [6.07, 6.45) is 0. The summed E-state index contributed by atoms with van der Waals surface area (Å²) in [7, 11) is 0. The minimum atomic E-state index is -0.610. The van der Waals surface area contributed by atoms with Crippen molar-refractivity contribution >= 4 is 23.3 Å². The van der Waals surface area contributed by atoms with Crippen LogP contribution in [0.3, 0.4) is 0 Å². The van der Waals surface area contributed by atoms with Gasteiger partial charge in [0.15, 0.2) is 0 Å². The first-order valence-corrected chi connectivity index (χ1v) is 9.27. The minimum absolute atomic E-state index is 0.0370. The van der Waals surface area contributed by atoms with E-state index in [-0.39, 0.29) is 11.8 Å². The zero-order valence-electron chi connectivity index (χ0n) is 16.3. The smallest absolute Gasteiger partial charge is 0.336 e. The van der Waals surface area contributed by atoms with Crippen molar-refractivity contribution in [2.45, 2.75) is 39.8 Å². The molecule has 0 spiro atoms. The first-order valence-electron chi connectivity index (χ1n) is 9.27. The van der Waals surface area contributed by atoms with Crippen LogP contribution in [0.1, 0.15) is 27.7 Å². The highest BCUT2D eigenvalue weighted by Crippen LogP contribution is 2.17. The number of rotatable bonds is 8. The summed E-state index contributed by atoms with van der Waals surface area (Å²) in [5.74, 6) is -1.21. The lowest BCUT2D eigenvalue weighted by Crippen LogP contribution is -2.42. The van der Waals surface area contributed by atoms with Crippen LogP contribution in [-0.4, -0.2) is 24.0 Å². The molecule has 0 aromatic heterocycles. The fraction of sp³-hybridized carbons (Fsp3) is 0.364. The van der Waals surface area contributed by atoms with E-state index in [2.05, 4.69) is 10.6 Å². The Labute approximate surface area is 161 Å². The maximum atomic E-state index is 12.6. The molecule has 0 bridgehead atoms. The quantitative estimate of drug-likeness (QED) is 0.536. The van der Waals surface area contributed by atoms with Gasteiger partial charge in [0.1, 0.15) is 12.1 Å². The molecule has 2 atom stereocenters. The summed E-state index contributed by atoms with van der Waals surface area (Å²) in [6, 6.07) is 17.6. The highest BCUT2D eigenvalue weighted by molar-refractivity contribution is 5.93. The number of esters is 2. The third kappa shape index (κ3) is 6.13. The molecule has 0 aliphatic heterocycles. The SMILES string of the molecule is CC(C)C(Nc1ccccc1)C(=O)OC(=O)C(Nc1ccccc1)C(C)C. The second-order valence-electron chi connectivity index (χ2n) is 7.20. The molecule has 0 radical (unpaired) electrons. The normalized spacial score (nSPS) is 13.1. The van der Waals surface area contributed by atoms with Crippen LogP contribution in [-0.2, 0) is 14.3 Å². The number of ether oxygens (including phenoxy) is 1. The van der Waals surface area contributed by atoms with Crippen molar-refractivity contribution in [2.24, 2.45) is 11.8 Å². The highest BCUT2D eigenvalue weighted by Gasteiger charge is 2.30. The number of anilines is 2. The van der Waals surface area contributed by atoms with Gasteiger partial charge in [-0.15, -0.1) is 0 Å². The summed E-state index contributed by atoms with van der Waals surface area (Å²) in [6.45, 7) is 7.64. The van der Waals surface area contributed by atoms with Crippen molar-refractivity contribution in [3.05, 3.63) is 60.7 Å². The lowest BCUT2D eigenvalue weighted by atomic mass is 10.0. The van der Waals surface area contributed by atoms with Gasteiger partial charge >= 0.3 is 11.9 Å². The zero-order valence-corrected chi connectivity index (χ0v) is 16.3. The second kappa shape index (κ2) is 9.76. The molecule has 0 heterocycles. The lowest BCUT2D eigenvalue weighted by Gasteiger charge is -2.25. The topological polar surface area (TPSA) is 67.4 Å². The van der Waals surface area contributed by atoms with Gasteiger partial charge in [0.25, 0.3) is 0 Å². The Kier molecular flexibility index (Phi) is 7.41. The molecule has 0 aliphatic carbocycles. The molecular formula is C22H28N2O3. The minimum Gasteiger partial charge on any atom is -0.390 e. The number of carbonyl (C=O) groups excluding carboxylic acids is 2. The van der Waals surface area contributed by atoms with E-state index in [0.717, 1.165) is 11.4 Å². The number of hydrogen-bond acceptors (Lipinski definition) is 5. The molecule has 2 N–H and O–H groups in total. The number of carbonyl (C=O) groups is 2. The van der Waals surface area contributed by atoms with Crippen LogP contribution >= 0.6 is 0 Å². The zero-order chi connectivity index (χ0) is 19.8. The molecule has 2 unspecified atom stereocenters. The average molecular weight is 368 g/mol. The van der Waals surface area contributed by atoms with Crippen molar-refractivity contribution < 1.29 is 14.3 Å². The molecule has 27 heavy (non-hydrogen) atoms. The van der Waals surface area contributed by atoms with Gasteiger partial charge in [-0.3, -0.25) is 0 Å². The van der Waals surface area contributed by atoms with Gasteiger partial charge < -0.3 is 15.4 Å². The van der Waals surface area contributed by atoms with Gasteiger partial charge in [-0.1, -0.05) is 64.1 Å². The molecule has 2 rings (SSSR count). The van der Waals surface area contributed by atoms with Crippen LogP contribution in [0.25, 0.3) is 0 Å². The average Bonchev–Trinajstić information content (AvgIpc) is 2.65. The maximum absolute atomic E-state index is 12.6. The Balaban J connectivity index is 2.06. The molecular weight excluding hydrogens is 340 g/mol. The van der Waals surface area contributed by atoms with E-state index in [4.69, 9.17) is 4.74 Å². The van der Waals surface area contributed by atoms with E-state index in [1.54, 1.807) is 0 Å².